The maximum Gasteiger partial charge on any atom is 0.420 e. The summed E-state index contributed by atoms with van der Waals surface area (Å²) in [6.45, 7) is 0.366. The molecule has 0 saturated heterocycles. The summed E-state index contributed by atoms with van der Waals surface area (Å²) in [6.07, 6.45) is -1.96. The Morgan fingerprint density at radius 1 is 1.28 bits per heavy atom. The van der Waals surface area contributed by atoms with Crippen LogP contribution in [0.4, 0.5) is 13.2 Å². The van der Waals surface area contributed by atoms with Crippen molar-refractivity contribution in [2.45, 2.75) is 11.3 Å². The molecule has 9 heteroatoms. The number of thioether (sulfide) groups is 1. The van der Waals surface area contributed by atoms with Gasteiger partial charge in [-0.15, -0.1) is 22.9 Å². The molecule has 0 aliphatic heterocycles. The van der Waals surface area contributed by atoms with Crippen LogP contribution in [0.25, 0.3) is 20.7 Å². The van der Waals surface area contributed by atoms with Crippen LogP contribution in [-0.2, 0) is 6.18 Å². The molecular formula is C16H12ClF3N2OS2. The van der Waals surface area contributed by atoms with E-state index in [2.05, 4.69) is 9.97 Å². The SMILES string of the molecule is CSc1ncc(C(F)(F)F)c(-c2cc3cc(OCCCl)ccc3s2)n1. The average Bonchev–Trinajstić information content (AvgIpc) is 3.01. The zero-order chi connectivity index (χ0) is 18.0. The largest absolute Gasteiger partial charge is 0.492 e. The highest BCUT2D eigenvalue weighted by atomic mass is 35.5. The van der Waals surface area contributed by atoms with Crippen LogP contribution in [0, 0.1) is 0 Å². The van der Waals surface area contributed by atoms with E-state index in [1.807, 2.05) is 6.07 Å². The molecule has 3 nitrogen and oxygen atoms in total. The standard InChI is InChI=1S/C16H12ClF3N2OS2/c1-24-15-21-8-11(16(18,19)20)14(22-15)13-7-9-6-10(23-5-4-17)2-3-12(9)25-13/h2-3,6-8H,4-5H2,1H3. The van der Waals surface area contributed by atoms with Gasteiger partial charge in [-0.2, -0.15) is 13.2 Å². The van der Waals surface area contributed by atoms with E-state index < -0.39 is 11.7 Å². The summed E-state index contributed by atoms with van der Waals surface area (Å²) >= 11 is 8.05. The molecule has 2 heterocycles. The molecule has 3 rings (SSSR count). The van der Waals surface area contributed by atoms with E-state index in [9.17, 15) is 13.2 Å². The van der Waals surface area contributed by atoms with Crippen LogP contribution in [0.15, 0.2) is 35.6 Å². The second-order valence-corrected chi connectivity index (χ2v) is 7.20. The first-order valence-corrected chi connectivity index (χ1v) is 9.71. The van der Waals surface area contributed by atoms with Crippen molar-refractivity contribution < 1.29 is 17.9 Å². The molecule has 3 aromatic rings. The molecule has 0 fully saturated rings. The number of halogens is 4. The van der Waals surface area contributed by atoms with Crippen molar-refractivity contribution in [1.82, 2.24) is 9.97 Å². The third-order valence-electron chi connectivity index (χ3n) is 3.32. The van der Waals surface area contributed by atoms with E-state index in [0.29, 0.717) is 28.3 Å². The number of benzene rings is 1. The lowest BCUT2D eigenvalue weighted by Crippen LogP contribution is -2.09. The number of fused-ring (bicyclic) bond motifs is 1. The van der Waals surface area contributed by atoms with Gasteiger partial charge in [0.05, 0.1) is 16.5 Å². The zero-order valence-corrected chi connectivity index (χ0v) is 15.3. The molecule has 132 valence electrons. The van der Waals surface area contributed by atoms with Crippen LogP contribution >= 0.6 is 34.7 Å². The predicted molar refractivity (Wildman–Crippen MR) is 95.8 cm³/mol. The normalized spacial score (nSPS) is 11.9. The van der Waals surface area contributed by atoms with Crippen LogP contribution in [0.1, 0.15) is 5.56 Å². The summed E-state index contributed by atoms with van der Waals surface area (Å²) < 4.78 is 46.3. The van der Waals surface area contributed by atoms with Crippen molar-refractivity contribution in [2.75, 3.05) is 18.7 Å². The molecule has 0 unspecified atom stereocenters. The zero-order valence-electron chi connectivity index (χ0n) is 12.9. The van der Waals surface area contributed by atoms with Crippen molar-refractivity contribution in [3.05, 3.63) is 36.0 Å². The summed E-state index contributed by atoms with van der Waals surface area (Å²) in [5.74, 6) is 0.987. The molecule has 25 heavy (non-hydrogen) atoms. The minimum atomic E-state index is -4.52. The number of aromatic nitrogens is 2. The Morgan fingerprint density at radius 2 is 2.08 bits per heavy atom. The van der Waals surface area contributed by atoms with Crippen molar-refractivity contribution in [1.29, 1.82) is 0 Å². The highest BCUT2D eigenvalue weighted by Crippen LogP contribution is 2.41. The molecule has 0 aliphatic carbocycles. The Morgan fingerprint density at radius 3 is 2.76 bits per heavy atom. The van der Waals surface area contributed by atoms with Gasteiger partial charge in [0, 0.05) is 10.9 Å². The van der Waals surface area contributed by atoms with Gasteiger partial charge in [-0.05, 0) is 35.9 Å². The Labute approximate surface area is 155 Å². The van der Waals surface area contributed by atoms with E-state index in [1.54, 1.807) is 24.5 Å². The molecule has 0 aliphatic rings. The number of hydrogen-bond donors (Lipinski definition) is 0. The molecule has 0 atom stereocenters. The fourth-order valence-electron chi connectivity index (χ4n) is 2.24. The van der Waals surface area contributed by atoms with Crippen LogP contribution < -0.4 is 4.74 Å². The molecule has 0 amide bonds. The topological polar surface area (TPSA) is 35.0 Å². The molecule has 0 saturated carbocycles. The molecule has 0 bridgehead atoms. The number of rotatable bonds is 5. The first kappa shape index (κ1) is 18.3. The van der Waals surface area contributed by atoms with Gasteiger partial charge in [0.1, 0.15) is 17.9 Å². The van der Waals surface area contributed by atoms with Gasteiger partial charge >= 0.3 is 6.18 Å². The summed E-state index contributed by atoms with van der Waals surface area (Å²) in [5, 5.41) is 1.09. The highest BCUT2D eigenvalue weighted by molar-refractivity contribution is 7.98. The molecule has 2 aromatic heterocycles. The lowest BCUT2D eigenvalue weighted by Gasteiger charge is -2.10. The van der Waals surface area contributed by atoms with E-state index in [0.717, 1.165) is 16.3 Å². The minimum Gasteiger partial charge on any atom is -0.492 e. The average molecular weight is 405 g/mol. The summed E-state index contributed by atoms with van der Waals surface area (Å²) in [7, 11) is 0. The van der Waals surface area contributed by atoms with Crippen LogP contribution in [0.2, 0.25) is 0 Å². The van der Waals surface area contributed by atoms with E-state index in [-0.39, 0.29) is 5.69 Å². The van der Waals surface area contributed by atoms with E-state index in [4.69, 9.17) is 16.3 Å². The Balaban J connectivity index is 2.09. The monoisotopic (exact) mass is 404 g/mol. The minimum absolute atomic E-state index is 0.101. The Hall–Kier alpha value is -1.51. The van der Waals surface area contributed by atoms with Crippen LogP contribution in [0.5, 0.6) is 5.75 Å². The number of nitrogens with zero attached hydrogens (tertiary/aromatic N) is 2. The van der Waals surface area contributed by atoms with Crippen molar-refractivity contribution >= 4 is 44.8 Å². The number of hydrogen-bond acceptors (Lipinski definition) is 5. The van der Waals surface area contributed by atoms with Crippen LogP contribution in [-0.4, -0.2) is 28.7 Å². The molecule has 1 aromatic carbocycles. The van der Waals surface area contributed by atoms with Crippen LogP contribution in [0.3, 0.4) is 0 Å². The fourth-order valence-corrected chi connectivity index (χ4v) is 3.71. The molecular weight excluding hydrogens is 393 g/mol. The quantitative estimate of drug-likeness (QED) is 0.309. The fraction of sp³-hybridized carbons (Fsp3) is 0.250. The van der Waals surface area contributed by atoms with Crippen molar-refractivity contribution in [3.63, 3.8) is 0 Å². The maximum absolute atomic E-state index is 13.3. The first-order valence-electron chi connectivity index (χ1n) is 7.13. The number of thiophene rings is 1. The summed E-state index contributed by atoms with van der Waals surface area (Å²) in [4.78, 5) is 8.28. The number of alkyl halides is 4. The van der Waals surface area contributed by atoms with Gasteiger partial charge in [-0.1, -0.05) is 11.8 Å². The Bertz CT molecular complexity index is 899. The van der Waals surface area contributed by atoms with Gasteiger partial charge in [0.15, 0.2) is 5.16 Å². The summed E-state index contributed by atoms with van der Waals surface area (Å²) in [6, 6.07) is 7.06. The lowest BCUT2D eigenvalue weighted by molar-refractivity contribution is -0.137. The second-order valence-electron chi connectivity index (χ2n) is 4.96. The molecule has 0 N–H and O–H groups in total. The van der Waals surface area contributed by atoms with Gasteiger partial charge in [0.25, 0.3) is 0 Å². The Kier molecular flexibility index (Phi) is 5.41. The van der Waals surface area contributed by atoms with Gasteiger partial charge in [-0.25, -0.2) is 9.97 Å². The second kappa shape index (κ2) is 7.39. The molecule has 0 spiro atoms. The summed E-state index contributed by atoms with van der Waals surface area (Å²) in [5.41, 5.74) is -0.938. The lowest BCUT2D eigenvalue weighted by atomic mass is 10.1. The first-order chi connectivity index (χ1) is 11.9. The number of ether oxygens (including phenoxy) is 1. The van der Waals surface area contributed by atoms with Crippen molar-refractivity contribution in [2.24, 2.45) is 0 Å². The van der Waals surface area contributed by atoms with Gasteiger partial charge in [-0.3, -0.25) is 0 Å². The third kappa shape index (κ3) is 4.02. The molecule has 0 radical (unpaired) electrons. The highest BCUT2D eigenvalue weighted by Gasteiger charge is 2.35. The van der Waals surface area contributed by atoms with E-state index in [1.165, 1.54) is 23.1 Å². The maximum atomic E-state index is 13.3. The van der Waals surface area contributed by atoms with Crippen molar-refractivity contribution in [3.8, 4) is 16.3 Å². The van der Waals surface area contributed by atoms with Gasteiger partial charge in [0.2, 0.25) is 0 Å². The smallest absolute Gasteiger partial charge is 0.420 e. The third-order valence-corrected chi connectivity index (χ3v) is 5.16. The van der Waals surface area contributed by atoms with E-state index >= 15 is 0 Å². The predicted octanol–water partition coefficient (Wildman–Crippen LogP) is 5.72. The van der Waals surface area contributed by atoms with Gasteiger partial charge < -0.3 is 4.74 Å².